The number of nitrogens with two attached hydrogens (primary N) is 1. The summed E-state index contributed by atoms with van der Waals surface area (Å²) in [6.07, 6.45) is -0.121. The van der Waals surface area contributed by atoms with Crippen molar-refractivity contribution in [2.45, 2.75) is 19.4 Å². The second-order valence-corrected chi connectivity index (χ2v) is 3.75. The summed E-state index contributed by atoms with van der Waals surface area (Å²) < 4.78 is 5.45. The minimum absolute atomic E-state index is 0.161. The average Bonchev–Trinajstić information content (AvgIpc) is 2.52. The molecule has 0 bridgehead atoms. The number of ether oxygens (including phenoxy) is 1. The van der Waals surface area contributed by atoms with E-state index in [0.717, 1.165) is 5.56 Å². The fourth-order valence-corrected chi connectivity index (χ4v) is 1.81. The maximum Gasteiger partial charge on any atom is 0.221 e. The van der Waals surface area contributed by atoms with Crippen molar-refractivity contribution in [3.05, 3.63) is 29.3 Å². The topological polar surface area (TPSA) is 69.4 Å². The van der Waals surface area contributed by atoms with E-state index in [-0.39, 0.29) is 12.5 Å². The Morgan fingerprint density at radius 1 is 1.56 bits per heavy atom. The Bertz CT molecular complexity index is 501. The predicted octanol–water partition coefficient (Wildman–Crippen LogP) is 0.710. The zero-order valence-corrected chi connectivity index (χ0v) is 8.82. The minimum Gasteiger partial charge on any atom is -0.485 e. The number of fused-ring (bicyclic) bond motifs is 1. The highest BCUT2D eigenvalue weighted by Gasteiger charge is 2.26. The molecule has 1 aliphatic heterocycles. The van der Waals surface area contributed by atoms with Gasteiger partial charge in [-0.25, -0.2) is 4.79 Å². The lowest BCUT2D eigenvalue weighted by molar-refractivity contribution is -0.117. The molecule has 1 aromatic carbocycles. The van der Waals surface area contributed by atoms with Gasteiger partial charge in [-0.05, 0) is 24.6 Å². The van der Waals surface area contributed by atoms with Crippen LogP contribution in [0.4, 0.5) is 0 Å². The van der Waals surface area contributed by atoms with Gasteiger partial charge < -0.3 is 10.5 Å². The Balaban J connectivity index is 2.43. The number of hydrogen-bond donors (Lipinski definition) is 1. The van der Waals surface area contributed by atoms with E-state index in [0.29, 0.717) is 16.9 Å². The van der Waals surface area contributed by atoms with Crippen molar-refractivity contribution >= 4 is 17.4 Å². The first kappa shape index (κ1) is 10.5. The van der Waals surface area contributed by atoms with Gasteiger partial charge in [0.15, 0.2) is 0 Å². The number of amides is 1. The van der Waals surface area contributed by atoms with Crippen molar-refractivity contribution < 1.29 is 14.3 Å². The van der Waals surface area contributed by atoms with Crippen LogP contribution in [0.5, 0.6) is 5.75 Å². The highest BCUT2D eigenvalue weighted by molar-refractivity contribution is 5.94. The van der Waals surface area contributed by atoms with Crippen molar-refractivity contribution in [2.24, 2.45) is 5.73 Å². The maximum absolute atomic E-state index is 10.8. The molecule has 1 heterocycles. The Hall–Kier alpha value is -2.06. The molecule has 1 amide bonds. The molecule has 0 spiro atoms. The Morgan fingerprint density at radius 2 is 2.31 bits per heavy atom. The molecule has 0 aromatic heterocycles. The molecule has 0 saturated carbocycles. The molecule has 2 rings (SSSR count). The standard InChI is InChI=1S/C12H11NO3/c1-7-10(6-14)9-4-8(5-12(13)15)2-3-11(9)16-7/h2-4,7H,5H2,1H3,(H2,13,15). The van der Waals surface area contributed by atoms with Gasteiger partial charge in [-0.15, -0.1) is 0 Å². The summed E-state index contributed by atoms with van der Waals surface area (Å²) in [5.74, 6) is 2.13. The predicted molar refractivity (Wildman–Crippen MR) is 58.5 cm³/mol. The monoisotopic (exact) mass is 217 g/mol. The zero-order chi connectivity index (χ0) is 11.7. The fourth-order valence-electron chi connectivity index (χ4n) is 1.81. The molecular formula is C12H11NO3. The molecule has 4 nitrogen and oxygen atoms in total. The zero-order valence-electron chi connectivity index (χ0n) is 8.82. The van der Waals surface area contributed by atoms with E-state index in [1.165, 1.54) is 0 Å². The van der Waals surface area contributed by atoms with Crippen LogP contribution in [0.2, 0.25) is 0 Å². The lowest BCUT2D eigenvalue weighted by atomic mass is 10.0. The molecule has 2 N–H and O–H groups in total. The summed E-state index contributed by atoms with van der Waals surface area (Å²) in [6.45, 7) is 1.79. The SMILES string of the molecule is CC1Oc2ccc(CC(N)=O)cc2C1=C=O. The fraction of sp³-hybridized carbons (Fsp3) is 0.250. The van der Waals surface area contributed by atoms with E-state index in [1.54, 1.807) is 25.1 Å². The van der Waals surface area contributed by atoms with Gasteiger partial charge in [-0.3, -0.25) is 4.79 Å². The Kier molecular flexibility index (Phi) is 2.50. The molecule has 1 aromatic rings. The minimum atomic E-state index is -0.399. The third-order valence-corrected chi connectivity index (χ3v) is 2.53. The highest BCUT2D eigenvalue weighted by Crippen LogP contribution is 2.36. The van der Waals surface area contributed by atoms with Gasteiger partial charge in [0, 0.05) is 5.56 Å². The van der Waals surface area contributed by atoms with Gasteiger partial charge in [0.2, 0.25) is 5.91 Å². The van der Waals surface area contributed by atoms with E-state index in [9.17, 15) is 9.59 Å². The molecule has 82 valence electrons. The van der Waals surface area contributed by atoms with Crippen molar-refractivity contribution in [3.63, 3.8) is 0 Å². The van der Waals surface area contributed by atoms with Gasteiger partial charge >= 0.3 is 0 Å². The summed E-state index contributed by atoms with van der Waals surface area (Å²) in [5, 5.41) is 0. The van der Waals surface area contributed by atoms with Crippen LogP contribution < -0.4 is 10.5 Å². The molecule has 1 atom stereocenters. The summed E-state index contributed by atoms with van der Waals surface area (Å²) in [7, 11) is 0. The van der Waals surface area contributed by atoms with Crippen molar-refractivity contribution in [1.29, 1.82) is 0 Å². The normalized spacial score (nSPS) is 17.6. The largest absolute Gasteiger partial charge is 0.485 e. The van der Waals surface area contributed by atoms with Crippen LogP contribution in [-0.2, 0) is 16.0 Å². The molecule has 16 heavy (non-hydrogen) atoms. The van der Waals surface area contributed by atoms with Crippen LogP contribution in [0, 0.1) is 0 Å². The molecule has 0 radical (unpaired) electrons. The maximum atomic E-state index is 10.8. The van der Waals surface area contributed by atoms with E-state index < -0.39 is 5.91 Å². The van der Waals surface area contributed by atoms with Crippen LogP contribution in [0.3, 0.4) is 0 Å². The van der Waals surface area contributed by atoms with Crippen LogP contribution in [-0.4, -0.2) is 18.0 Å². The number of benzene rings is 1. The second kappa shape index (κ2) is 3.83. The van der Waals surface area contributed by atoms with Gasteiger partial charge in [-0.2, -0.15) is 0 Å². The van der Waals surface area contributed by atoms with Crippen LogP contribution in [0.25, 0.3) is 5.57 Å². The summed E-state index contributed by atoms with van der Waals surface area (Å²) in [4.78, 5) is 21.6. The summed E-state index contributed by atoms with van der Waals surface area (Å²) in [5.41, 5.74) is 7.08. The lowest BCUT2D eigenvalue weighted by Gasteiger charge is -2.01. The first-order valence-electron chi connectivity index (χ1n) is 4.95. The molecule has 1 aliphatic rings. The third-order valence-electron chi connectivity index (χ3n) is 2.53. The van der Waals surface area contributed by atoms with E-state index in [1.807, 2.05) is 5.94 Å². The lowest BCUT2D eigenvalue weighted by Crippen LogP contribution is -2.13. The first-order valence-corrected chi connectivity index (χ1v) is 4.95. The summed E-state index contributed by atoms with van der Waals surface area (Å²) in [6, 6.07) is 5.27. The average molecular weight is 217 g/mol. The number of carbonyl (C=O) groups excluding carboxylic acids is 2. The Morgan fingerprint density at radius 3 is 2.94 bits per heavy atom. The van der Waals surface area contributed by atoms with Crippen LogP contribution in [0.1, 0.15) is 18.1 Å². The van der Waals surface area contributed by atoms with Gasteiger partial charge in [0.25, 0.3) is 0 Å². The molecule has 0 aliphatic carbocycles. The van der Waals surface area contributed by atoms with Crippen molar-refractivity contribution in [1.82, 2.24) is 0 Å². The first-order chi connectivity index (χ1) is 7.61. The third kappa shape index (κ3) is 1.71. The van der Waals surface area contributed by atoms with E-state index in [4.69, 9.17) is 10.5 Å². The number of rotatable bonds is 2. The molecular weight excluding hydrogens is 206 g/mol. The van der Waals surface area contributed by atoms with Crippen molar-refractivity contribution in [3.8, 4) is 5.75 Å². The smallest absolute Gasteiger partial charge is 0.221 e. The molecule has 0 fully saturated rings. The van der Waals surface area contributed by atoms with Crippen LogP contribution >= 0.6 is 0 Å². The van der Waals surface area contributed by atoms with E-state index in [2.05, 4.69) is 0 Å². The number of hydrogen-bond acceptors (Lipinski definition) is 3. The van der Waals surface area contributed by atoms with Gasteiger partial charge in [-0.1, -0.05) is 6.07 Å². The summed E-state index contributed by atoms with van der Waals surface area (Å²) >= 11 is 0. The van der Waals surface area contributed by atoms with Crippen LogP contribution in [0.15, 0.2) is 18.2 Å². The molecule has 0 saturated heterocycles. The molecule has 1 unspecified atom stereocenters. The Labute approximate surface area is 92.7 Å². The van der Waals surface area contributed by atoms with E-state index >= 15 is 0 Å². The van der Waals surface area contributed by atoms with Gasteiger partial charge in [0.1, 0.15) is 17.8 Å². The number of carbonyl (C=O) groups is 1. The second-order valence-electron chi connectivity index (χ2n) is 3.75. The molecule has 4 heteroatoms. The van der Waals surface area contributed by atoms with Gasteiger partial charge in [0.05, 0.1) is 12.0 Å². The van der Waals surface area contributed by atoms with Crippen molar-refractivity contribution in [2.75, 3.05) is 0 Å². The highest BCUT2D eigenvalue weighted by atomic mass is 16.5. The number of primary amides is 1. The quantitative estimate of drug-likeness (QED) is 0.742.